The van der Waals surface area contributed by atoms with Gasteiger partial charge in [0.25, 0.3) is 0 Å². The highest BCUT2D eigenvalue weighted by Gasteiger charge is 2.31. The summed E-state index contributed by atoms with van der Waals surface area (Å²) in [6, 6.07) is 8.40. The molecule has 32 heavy (non-hydrogen) atoms. The molecule has 1 N–H and O–H groups in total. The summed E-state index contributed by atoms with van der Waals surface area (Å²) in [6.07, 6.45) is 3.79. The second-order valence-electron chi connectivity index (χ2n) is 8.32. The number of carboxylic acids is 1. The molecule has 5 nitrogen and oxygen atoms in total. The molecule has 0 bridgehead atoms. The number of aromatic nitrogens is 1. The van der Waals surface area contributed by atoms with Crippen molar-refractivity contribution in [3.8, 4) is 28.1 Å². The molecule has 0 fully saturated rings. The van der Waals surface area contributed by atoms with Crippen LogP contribution in [0.2, 0.25) is 0 Å². The van der Waals surface area contributed by atoms with Gasteiger partial charge in [0.1, 0.15) is 5.75 Å². The van der Waals surface area contributed by atoms with Crippen LogP contribution >= 0.6 is 11.9 Å². The molecule has 4 rings (SSSR count). The molecule has 166 valence electrons. The first-order chi connectivity index (χ1) is 15.3. The lowest BCUT2D eigenvalue weighted by Crippen LogP contribution is -2.23. The number of fused-ring (bicyclic) bond motifs is 3. The average molecular weight is 449 g/mol. The number of nitrogens with zero attached hydrogens (tertiary/aromatic N) is 2. The first kappa shape index (κ1) is 22.2. The Bertz CT molecular complexity index is 1240. The standard InChI is InChI=1S/C26H28N2O3S/c1-14-7-8-20(15(2)9-14)23-17(4)24-25-18(10-19(31-5)12-27-25)13-28(32-6)26(24)16(3)21(23)11-22(29)30/h7-10,12H,11,13H2,1-6H3,(H,29,30). The van der Waals surface area contributed by atoms with Crippen LogP contribution in [-0.4, -0.2) is 29.4 Å². The van der Waals surface area contributed by atoms with Crippen LogP contribution in [0.3, 0.4) is 0 Å². The molecule has 0 saturated carbocycles. The third-order valence-corrected chi connectivity index (χ3v) is 7.03. The van der Waals surface area contributed by atoms with Crippen molar-refractivity contribution < 1.29 is 14.6 Å². The minimum atomic E-state index is -0.826. The molecule has 0 aliphatic carbocycles. The molecule has 2 aromatic carbocycles. The predicted octanol–water partition coefficient (Wildman–Crippen LogP) is 5.88. The number of carboxylic acid groups (broad SMARTS) is 1. The number of methoxy groups -OCH3 is 1. The highest BCUT2D eigenvalue weighted by atomic mass is 32.2. The number of aryl methyl sites for hydroxylation is 2. The van der Waals surface area contributed by atoms with Gasteiger partial charge in [-0.1, -0.05) is 35.7 Å². The van der Waals surface area contributed by atoms with E-state index >= 15 is 0 Å². The Labute approximate surface area is 193 Å². The summed E-state index contributed by atoms with van der Waals surface area (Å²) < 4.78 is 7.66. The highest BCUT2D eigenvalue weighted by Crippen LogP contribution is 2.50. The third kappa shape index (κ3) is 3.62. The van der Waals surface area contributed by atoms with Crippen LogP contribution in [0.25, 0.3) is 22.4 Å². The number of aliphatic carboxylic acids is 1. The Balaban J connectivity index is 2.12. The summed E-state index contributed by atoms with van der Waals surface area (Å²) in [7, 11) is 1.65. The van der Waals surface area contributed by atoms with Gasteiger partial charge < -0.3 is 14.1 Å². The largest absolute Gasteiger partial charge is 0.495 e. The van der Waals surface area contributed by atoms with Crippen LogP contribution in [-0.2, 0) is 17.8 Å². The zero-order chi connectivity index (χ0) is 23.2. The van der Waals surface area contributed by atoms with Gasteiger partial charge in [-0.25, -0.2) is 0 Å². The van der Waals surface area contributed by atoms with E-state index in [4.69, 9.17) is 9.72 Å². The maximum absolute atomic E-state index is 11.9. The predicted molar refractivity (Wildman–Crippen MR) is 132 cm³/mol. The van der Waals surface area contributed by atoms with Gasteiger partial charge in [-0.2, -0.15) is 0 Å². The minimum absolute atomic E-state index is 0.0201. The van der Waals surface area contributed by atoms with E-state index in [0.29, 0.717) is 6.54 Å². The van der Waals surface area contributed by atoms with E-state index < -0.39 is 5.97 Å². The summed E-state index contributed by atoms with van der Waals surface area (Å²) in [5.74, 6) is -0.0898. The molecule has 0 atom stereocenters. The van der Waals surface area contributed by atoms with E-state index in [0.717, 1.165) is 61.6 Å². The van der Waals surface area contributed by atoms with Gasteiger partial charge in [0.05, 0.1) is 37.7 Å². The molecule has 3 aromatic rings. The van der Waals surface area contributed by atoms with Crippen molar-refractivity contribution >= 4 is 23.6 Å². The van der Waals surface area contributed by atoms with Crippen LogP contribution in [0.5, 0.6) is 5.75 Å². The summed E-state index contributed by atoms with van der Waals surface area (Å²) >= 11 is 1.64. The minimum Gasteiger partial charge on any atom is -0.495 e. The van der Waals surface area contributed by atoms with Crippen molar-refractivity contribution in [1.82, 2.24) is 4.98 Å². The monoisotopic (exact) mass is 448 g/mol. The molecule has 0 amide bonds. The maximum atomic E-state index is 11.9. The van der Waals surface area contributed by atoms with Crippen LogP contribution in [0.15, 0.2) is 30.5 Å². The van der Waals surface area contributed by atoms with Gasteiger partial charge in [0.15, 0.2) is 0 Å². The number of hydrogen-bond donors (Lipinski definition) is 1. The fourth-order valence-electron chi connectivity index (χ4n) is 4.81. The van der Waals surface area contributed by atoms with Gasteiger partial charge in [-0.15, -0.1) is 0 Å². The zero-order valence-corrected chi connectivity index (χ0v) is 20.2. The number of hydrogen-bond acceptors (Lipinski definition) is 5. The smallest absolute Gasteiger partial charge is 0.307 e. The molecule has 1 aliphatic heterocycles. The van der Waals surface area contributed by atoms with Gasteiger partial charge in [-0.3, -0.25) is 9.78 Å². The average Bonchev–Trinajstić information content (AvgIpc) is 2.76. The number of pyridine rings is 1. The van der Waals surface area contributed by atoms with Crippen molar-refractivity contribution in [3.63, 3.8) is 0 Å². The van der Waals surface area contributed by atoms with E-state index in [2.05, 4.69) is 43.3 Å². The Morgan fingerprint density at radius 3 is 2.53 bits per heavy atom. The molecular weight excluding hydrogens is 420 g/mol. The van der Waals surface area contributed by atoms with Gasteiger partial charge in [-0.05, 0) is 67.1 Å². The number of anilines is 1. The third-order valence-electron chi connectivity index (χ3n) is 6.27. The van der Waals surface area contributed by atoms with Crippen molar-refractivity contribution in [1.29, 1.82) is 0 Å². The molecule has 2 heterocycles. The van der Waals surface area contributed by atoms with Gasteiger partial charge in [0, 0.05) is 17.4 Å². The highest BCUT2D eigenvalue weighted by molar-refractivity contribution is 7.99. The van der Waals surface area contributed by atoms with E-state index in [1.54, 1.807) is 25.3 Å². The van der Waals surface area contributed by atoms with Crippen LogP contribution < -0.4 is 9.04 Å². The van der Waals surface area contributed by atoms with Gasteiger partial charge in [0.2, 0.25) is 0 Å². The molecule has 0 radical (unpaired) electrons. The topological polar surface area (TPSA) is 62.7 Å². The molecule has 0 spiro atoms. The second-order valence-corrected chi connectivity index (χ2v) is 9.12. The van der Waals surface area contributed by atoms with Crippen LogP contribution in [0, 0.1) is 27.7 Å². The summed E-state index contributed by atoms with van der Waals surface area (Å²) in [6.45, 7) is 8.98. The SMILES string of the molecule is COc1cnc2c(c1)CN(SC)c1c(C)c(CC(=O)O)c(-c3ccc(C)cc3C)c(C)c1-2. The first-order valence-electron chi connectivity index (χ1n) is 10.6. The zero-order valence-electron chi connectivity index (χ0n) is 19.4. The Hall–Kier alpha value is -2.99. The van der Waals surface area contributed by atoms with Crippen LogP contribution in [0.1, 0.15) is 33.4 Å². The Morgan fingerprint density at radius 2 is 1.91 bits per heavy atom. The summed E-state index contributed by atoms with van der Waals surface area (Å²) in [5.41, 5.74) is 11.5. The van der Waals surface area contributed by atoms with Crippen molar-refractivity contribution in [2.45, 2.75) is 40.7 Å². The van der Waals surface area contributed by atoms with Gasteiger partial charge >= 0.3 is 5.97 Å². The van der Waals surface area contributed by atoms with Crippen LogP contribution in [0.4, 0.5) is 5.69 Å². The molecule has 6 heteroatoms. The van der Waals surface area contributed by atoms with Crippen molar-refractivity contribution in [3.05, 3.63) is 63.8 Å². The fraction of sp³-hybridized carbons (Fsp3) is 0.308. The second kappa shape index (κ2) is 8.51. The normalized spacial score (nSPS) is 12.4. The Morgan fingerprint density at radius 1 is 1.16 bits per heavy atom. The lowest BCUT2D eigenvalue weighted by Gasteiger charge is -2.35. The quantitative estimate of drug-likeness (QED) is 0.492. The maximum Gasteiger partial charge on any atom is 0.307 e. The molecule has 1 aromatic heterocycles. The van der Waals surface area contributed by atoms with E-state index in [1.165, 1.54) is 5.56 Å². The first-order valence-corrected chi connectivity index (χ1v) is 11.7. The number of benzene rings is 2. The molecular formula is C26H28N2O3S. The fourth-order valence-corrected chi connectivity index (χ4v) is 5.49. The van der Waals surface area contributed by atoms with E-state index in [-0.39, 0.29) is 6.42 Å². The van der Waals surface area contributed by atoms with E-state index in [9.17, 15) is 9.90 Å². The number of rotatable bonds is 5. The summed E-state index contributed by atoms with van der Waals surface area (Å²) in [4.78, 5) is 16.7. The molecule has 1 aliphatic rings. The lowest BCUT2D eigenvalue weighted by molar-refractivity contribution is -0.136. The Kier molecular flexibility index (Phi) is 5.91. The van der Waals surface area contributed by atoms with E-state index in [1.807, 2.05) is 19.2 Å². The van der Waals surface area contributed by atoms with Crippen molar-refractivity contribution in [2.24, 2.45) is 0 Å². The number of carbonyl (C=O) groups is 1. The molecule has 0 unspecified atom stereocenters. The number of ether oxygens (including phenoxy) is 1. The molecule has 0 saturated heterocycles. The lowest BCUT2D eigenvalue weighted by atomic mass is 9.81. The van der Waals surface area contributed by atoms with Crippen molar-refractivity contribution in [2.75, 3.05) is 17.7 Å². The summed E-state index contributed by atoms with van der Waals surface area (Å²) in [5, 5.41) is 9.76.